The summed E-state index contributed by atoms with van der Waals surface area (Å²) in [4.78, 5) is 11.1. The van der Waals surface area contributed by atoms with Gasteiger partial charge in [-0.05, 0) is 24.3 Å². The molecule has 76 valence electrons. The molecule has 0 heterocycles. The molecule has 1 rings (SSSR count). The summed E-state index contributed by atoms with van der Waals surface area (Å²) in [5.74, 6) is 0. The number of thioether (sulfide) groups is 1. The minimum Gasteiger partial charge on any atom is -0.258 e. The highest BCUT2D eigenvalue weighted by molar-refractivity contribution is 7.98. The Morgan fingerprint density at radius 2 is 2.21 bits per heavy atom. The predicted octanol–water partition coefficient (Wildman–Crippen LogP) is 3.27. The van der Waals surface area contributed by atoms with E-state index in [4.69, 9.17) is 0 Å². The molecule has 0 N–H and O–H groups in total. The first kappa shape index (κ1) is 11.0. The van der Waals surface area contributed by atoms with E-state index in [0.29, 0.717) is 0 Å². The van der Waals surface area contributed by atoms with Gasteiger partial charge in [0.15, 0.2) is 0 Å². The molecule has 0 aliphatic heterocycles. The molecular formula is C10H13NO2S. The van der Waals surface area contributed by atoms with Crippen LogP contribution in [0.4, 0.5) is 5.69 Å². The van der Waals surface area contributed by atoms with Crippen LogP contribution in [0.1, 0.15) is 18.9 Å². The van der Waals surface area contributed by atoms with Crippen LogP contribution >= 0.6 is 11.8 Å². The van der Waals surface area contributed by atoms with Crippen molar-refractivity contribution in [1.29, 1.82) is 0 Å². The molecule has 0 unspecified atom stereocenters. The summed E-state index contributed by atoms with van der Waals surface area (Å²) in [7, 11) is 0. The van der Waals surface area contributed by atoms with E-state index >= 15 is 0 Å². The van der Waals surface area contributed by atoms with Crippen molar-refractivity contribution in [2.75, 3.05) is 6.26 Å². The molecule has 0 atom stereocenters. The summed E-state index contributed by atoms with van der Waals surface area (Å²) < 4.78 is 0. The van der Waals surface area contributed by atoms with Gasteiger partial charge in [-0.1, -0.05) is 19.4 Å². The lowest BCUT2D eigenvalue weighted by atomic mass is 10.1. The molecule has 3 nitrogen and oxygen atoms in total. The van der Waals surface area contributed by atoms with Gasteiger partial charge in [-0.15, -0.1) is 11.8 Å². The van der Waals surface area contributed by atoms with E-state index in [1.165, 1.54) is 11.8 Å². The molecule has 0 aliphatic rings. The number of nitro benzene ring substituents is 1. The summed E-state index contributed by atoms with van der Waals surface area (Å²) in [6, 6.07) is 5.46. The van der Waals surface area contributed by atoms with Crippen LogP contribution in [-0.2, 0) is 6.42 Å². The number of hydrogen-bond acceptors (Lipinski definition) is 3. The lowest BCUT2D eigenvalue weighted by molar-refractivity contribution is -0.387. The predicted molar refractivity (Wildman–Crippen MR) is 58.9 cm³/mol. The highest BCUT2D eigenvalue weighted by atomic mass is 32.2. The molecule has 4 heteroatoms. The van der Waals surface area contributed by atoms with Gasteiger partial charge in [-0.25, -0.2) is 0 Å². The first-order valence-electron chi connectivity index (χ1n) is 4.50. The third kappa shape index (κ3) is 2.48. The molecule has 0 aliphatic carbocycles. The lowest BCUT2D eigenvalue weighted by Gasteiger charge is -2.02. The van der Waals surface area contributed by atoms with Crippen molar-refractivity contribution >= 4 is 17.4 Å². The molecule has 0 amide bonds. The van der Waals surface area contributed by atoms with Gasteiger partial charge in [0, 0.05) is 6.07 Å². The van der Waals surface area contributed by atoms with E-state index in [2.05, 4.69) is 6.92 Å². The smallest absolute Gasteiger partial charge is 0.258 e. The molecular weight excluding hydrogens is 198 g/mol. The van der Waals surface area contributed by atoms with Gasteiger partial charge in [0.1, 0.15) is 0 Å². The third-order valence-corrected chi connectivity index (χ3v) is 2.76. The fourth-order valence-electron chi connectivity index (χ4n) is 1.32. The molecule has 14 heavy (non-hydrogen) atoms. The molecule has 0 radical (unpaired) electrons. The number of benzene rings is 1. The quantitative estimate of drug-likeness (QED) is 0.436. The van der Waals surface area contributed by atoms with Crippen molar-refractivity contribution in [2.45, 2.75) is 24.7 Å². The van der Waals surface area contributed by atoms with Crippen LogP contribution in [0.3, 0.4) is 0 Å². The van der Waals surface area contributed by atoms with Crippen molar-refractivity contribution in [2.24, 2.45) is 0 Å². The normalized spacial score (nSPS) is 10.1. The Bertz CT molecular complexity index is 339. The summed E-state index contributed by atoms with van der Waals surface area (Å²) in [5.41, 5.74) is 1.26. The SMILES string of the molecule is CCCc1ccc(SC)c([N+](=O)[O-])c1. The Labute approximate surface area is 87.7 Å². The van der Waals surface area contributed by atoms with Crippen LogP contribution in [0.5, 0.6) is 0 Å². The maximum atomic E-state index is 10.7. The topological polar surface area (TPSA) is 43.1 Å². The fourth-order valence-corrected chi connectivity index (χ4v) is 1.87. The van der Waals surface area contributed by atoms with Gasteiger partial charge >= 0.3 is 0 Å². The Balaban J connectivity index is 3.07. The van der Waals surface area contributed by atoms with E-state index in [1.807, 2.05) is 18.4 Å². The zero-order valence-corrected chi connectivity index (χ0v) is 9.13. The maximum Gasteiger partial charge on any atom is 0.283 e. The number of aryl methyl sites for hydroxylation is 1. The number of nitrogens with zero attached hydrogens (tertiary/aromatic N) is 1. The van der Waals surface area contributed by atoms with Gasteiger partial charge < -0.3 is 0 Å². The highest BCUT2D eigenvalue weighted by Crippen LogP contribution is 2.28. The van der Waals surface area contributed by atoms with E-state index in [-0.39, 0.29) is 10.6 Å². The van der Waals surface area contributed by atoms with Crippen LogP contribution in [0.25, 0.3) is 0 Å². The Kier molecular flexibility index (Phi) is 3.95. The monoisotopic (exact) mass is 211 g/mol. The van der Waals surface area contributed by atoms with Crippen LogP contribution in [0, 0.1) is 10.1 Å². The van der Waals surface area contributed by atoms with Crippen molar-refractivity contribution in [3.8, 4) is 0 Å². The van der Waals surface area contributed by atoms with Crippen molar-refractivity contribution < 1.29 is 4.92 Å². The summed E-state index contributed by atoms with van der Waals surface area (Å²) in [6.45, 7) is 2.06. The van der Waals surface area contributed by atoms with Crippen LogP contribution in [0.15, 0.2) is 23.1 Å². The highest BCUT2D eigenvalue weighted by Gasteiger charge is 2.12. The molecule has 0 bridgehead atoms. The Morgan fingerprint density at radius 3 is 2.71 bits per heavy atom. The van der Waals surface area contributed by atoms with Gasteiger partial charge in [0.2, 0.25) is 0 Å². The molecule has 0 fully saturated rings. The van der Waals surface area contributed by atoms with Crippen LogP contribution in [0.2, 0.25) is 0 Å². The van der Waals surface area contributed by atoms with E-state index < -0.39 is 0 Å². The number of nitro groups is 1. The number of hydrogen-bond donors (Lipinski definition) is 0. The second-order valence-corrected chi connectivity index (χ2v) is 3.86. The summed E-state index contributed by atoms with van der Waals surface area (Å²) >= 11 is 1.41. The summed E-state index contributed by atoms with van der Waals surface area (Å²) in [5, 5.41) is 10.7. The summed E-state index contributed by atoms with van der Waals surface area (Å²) in [6.07, 6.45) is 3.76. The van der Waals surface area contributed by atoms with Crippen LogP contribution < -0.4 is 0 Å². The van der Waals surface area contributed by atoms with Crippen LogP contribution in [-0.4, -0.2) is 11.2 Å². The van der Waals surface area contributed by atoms with E-state index in [0.717, 1.165) is 23.3 Å². The largest absolute Gasteiger partial charge is 0.283 e. The molecule has 1 aromatic rings. The van der Waals surface area contributed by atoms with E-state index in [9.17, 15) is 10.1 Å². The average molecular weight is 211 g/mol. The second kappa shape index (κ2) is 5.00. The zero-order chi connectivity index (χ0) is 10.6. The van der Waals surface area contributed by atoms with Gasteiger partial charge in [0.05, 0.1) is 9.82 Å². The third-order valence-electron chi connectivity index (χ3n) is 1.98. The zero-order valence-electron chi connectivity index (χ0n) is 8.32. The standard InChI is InChI=1S/C10H13NO2S/c1-3-4-8-5-6-10(14-2)9(7-8)11(12)13/h5-7H,3-4H2,1-2H3. The minimum absolute atomic E-state index is 0.225. The second-order valence-electron chi connectivity index (χ2n) is 3.01. The molecule has 0 saturated heterocycles. The molecule has 0 saturated carbocycles. The molecule has 0 aromatic heterocycles. The molecule has 0 spiro atoms. The lowest BCUT2D eigenvalue weighted by Crippen LogP contribution is -1.93. The average Bonchev–Trinajstić information content (AvgIpc) is 2.18. The fraction of sp³-hybridized carbons (Fsp3) is 0.400. The minimum atomic E-state index is -0.314. The first-order valence-corrected chi connectivity index (χ1v) is 5.72. The van der Waals surface area contributed by atoms with E-state index in [1.54, 1.807) is 6.07 Å². The number of rotatable bonds is 4. The maximum absolute atomic E-state index is 10.7. The molecule has 1 aromatic carbocycles. The van der Waals surface area contributed by atoms with Crippen molar-refractivity contribution in [3.63, 3.8) is 0 Å². The van der Waals surface area contributed by atoms with Gasteiger partial charge in [-0.3, -0.25) is 10.1 Å². The Morgan fingerprint density at radius 1 is 1.50 bits per heavy atom. The van der Waals surface area contributed by atoms with Crippen molar-refractivity contribution in [1.82, 2.24) is 0 Å². The van der Waals surface area contributed by atoms with Crippen molar-refractivity contribution in [3.05, 3.63) is 33.9 Å². The Hall–Kier alpha value is -1.03. The van der Waals surface area contributed by atoms with Gasteiger partial charge in [-0.2, -0.15) is 0 Å². The first-order chi connectivity index (χ1) is 6.69. The van der Waals surface area contributed by atoms with Gasteiger partial charge in [0.25, 0.3) is 5.69 Å².